The zero-order valence-corrected chi connectivity index (χ0v) is 17.9. The molecule has 32 heavy (non-hydrogen) atoms. The van der Waals surface area contributed by atoms with Gasteiger partial charge in [-0.3, -0.25) is 9.59 Å². The van der Waals surface area contributed by atoms with E-state index in [0.29, 0.717) is 44.2 Å². The highest BCUT2D eigenvalue weighted by Crippen LogP contribution is 2.30. The van der Waals surface area contributed by atoms with E-state index in [9.17, 15) is 9.59 Å². The summed E-state index contributed by atoms with van der Waals surface area (Å²) in [5, 5.41) is 5.37. The number of rotatable bonds is 3. The minimum atomic E-state index is -0.374. The van der Waals surface area contributed by atoms with E-state index in [2.05, 4.69) is 15.5 Å². The maximum atomic E-state index is 13.0. The van der Waals surface area contributed by atoms with Crippen LogP contribution in [0.1, 0.15) is 50.8 Å². The molecule has 1 aliphatic carbocycles. The van der Waals surface area contributed by atoms with Gasteiger partial charge >= 0.3 is 0 Å². The van der Waals surface area contributed by atoms with Crippen LogP contribution in [0.4, 0.5) is 0 Å². The molecule has 0 spiro atoms. The number of nitrogens with one attached hydrogen (secondary N) is 1. The third-order valence-electron chi connectivity index (χ3n) is 5.94. The summed E-state index contributed by atoms with van der Waals surface area (Å²) in [5.74, 6) is 0.612. The molecule has 1 aliphatic heterocycles. The molecule has 0 bridgehead atoms. The van der Waals surface area contributed by atoms with Crippen molar-refractivity contribution in [2.45, 2.75) is 26.2 Å². The molecule has 1 N–H and O–H groups in total. The molecule has 0 atom stereocenters. The summed E-state index contributed by atoms with van der Waals surface area (Å²) in [6.07, 6.45) is 2.28. The van der Waals surface area contributed by atoms with Crippen LogP contribution in [0, 0.1) is 6.92 Å². The number of benzene rings is 1. The van der Waals surface area contributed by atoms with Crippen LogP contribution < -0.4 is 5.43 Å². The molecule has 3 aromatic rings. The molecule has 1 saturated heterocycles. The van der Waals surface area contributed by atoms with Gasteiger partial charge in [0.1, 0.15) is 11.5 Å². The quantitative estimate of drug-likeness (QED) is 0.642. The fourth-order valence-corrected chi connectivity index (χ4v) is 4.26. The van der Waals surface area contributed by atoms with Gasteiger partial charge in [0, 0.05) is 36.0 Å². The van der Waals surface area contributed by atoms with Gasteiger partial charge in [-0.1, -0.05) is 24.3 Å². The number of carbonyl (C=O) groups excluding carboxylic acids is 2. The number of amides is 2. The molecule has 2 aliphatic rings. The Bertz CT molecular complexity index is 1220. The number of hydrazone groups is 1. The minimum absolute atomic E-state index is 0.121. The van der Waals surface area contributed by atoms with E-state index in [0.717, 1.165) is 46.3 Å². The highest BCUT2D eigenvalue weighted by Gasteiger charge is 2.30. The third kappa shape index (κ3) is 3.78. The van der Waals surface area contributed by atoms with E-state index in [1.807, 2.05) is 37.3 Å². The van der Waals surface area contributed by atoms with Crippen molar-refractivity contribution in [1.29, 1.82) is 0 Å². The van der Waals surface area contributed by atoms with Crippen LogP contribution in [0.15, 0.2) is 45.9 Å². The van der Waals surface area contributed by atoms with Crippen LogP contribution in [0.5, 0.6) is 0 Å². The van der Waals surface area contributed by atoms with Gasteiger partial charge in [0.25, 0.3) is 11.8 Å². The fraction of sp³-hybridized carbons (Fsp3) is 0.333. The molecule has 5 rings (SSSR count). The van der Waals surface area contributed by atoms with Crippen molar-refractivity contribution in [3.05, 3.63) is 64.7 Å². The number of fused-ring (bicyclic) bond motifs is 2. The number of morpholine rings is 1. The number of carbonyl (C=O) groups is 2. The number of nitrogens with zero attached hydrogens (tertiary/aromatic N) is 3. The van der Waals surface area contributed by atoms with Crippen molar-refractivity contribution < 1.29 is 18.7 Å². The number of pyridine rings is 1. The monoisotopic (exact) mass is 432 g/mol. The van der Waals surface area contributed by atoms with E-state index < -0.39 is 0 Å². The number of furan rings is 1. The Morgan fingerprint density at radius 2 is 1.91 bits per heavy atom. The standard InChI is InChI=1S/C24H24N4O4/c1-15-21-18(26-27-23(29)19-10-9-16-5-2-3-6-17(16)25-19)7-4-8-20(21)32-22(15)24(30)28-11-13-31-14-12-28/h2-3,5-6,9-10H,4,7-8,11-14H2,1H3,(H,27,29)/b26-18+. The Hall–Kier alpha value is -3.52. The van der Waals surface area contributed by atoms with Crippen molar-refractivity contribution in [3.63, 3.8) is 0 Å². The molecule has 2 amide bonds. The summed E-state index contributed by atoms with van der Waals surface area (Å²) < 4.78 is 11.3. The van der Waals surface area contributed by atoms with E-state index >= 15 is 0 Å². The van der Waals surface area contributed by atoms with Crippen molar-refractivity contribution >= 4 is 28.4 Å². The molecular formula is C24H24N4O4. The number of ether oxygens (including phenoxy) is 1. The second-order valence-electron chi connectivity index (χ2n) is 8.00. The largest absolute Gasteiger partial charge is 0.455 e. The molecule has 2 aromatic heterocycles. The van der Waals surface area contributed by atoms with E-state index in [-0.39, 0.29) is 11.8 Å². The van der Waals surface area contributed by atoms with Crippen molar-refractivity contribution in [2.24, 2.45) is 5.10 Å². The highest BCUT2D eigenvalue weighted by atomic mass is 16.5. The maximum Gasteiger partial charge on any atom is 0.290 e. The van der Waals surface area contributed by atoms with Gasteiger partial charge in [0.05, 0.1) is 24.4 Å². The first-order valence-electron chi connectivity index (χ1n) is 10.8. The molecule has 3 heterocycles. The Kier molecular flexibility index (Phi) is 5.45. The molecule has 0 radical (unpaired) electrons. The van der Waals surface area contributed by atoms with Gasteiger partial charge in [-0.2, -0.15) is 5.10 Å². The SMILES string of the molecule is Cc1c(C(=O)N2CCOCC2)oc2c1/C(=N/NC(=O)c1ccc3ccccc3n1)CCC2. The molecule has 164 valence electrons. The van der Waals surface area contributed by atoms with E-state index in [1.54, 1.807) is 11.0 Å². The Morgan fingerprint density at radius 1 is 1.09 bits per heavy atom. The Balaban J connectivity index is 1.38. The fourth-order valence-electron chi connectivity index (χ4n) is 4.26. The molecule has 0 unspecified atom stereocenters. The van der Waals surface area contributed by atoms with Gasteiger partial charge in [-0.25, -0.2) is 10.4 Å². The molecule has 1 fully saturated rings. The molecule has 1 aromatic carbocycles. The van der Waals surface area contributed by atoms with E-state index in [1.165, 1.54) is 0 Å². The number of para-hydroxylation sites is 1. The summed E-state index contributed by atoms with van der Waals surface area (Å²) in [6, 6.07) is 11.2. The number of aromatic nitrogens is 1. The highest BCUT2D eigenvalue weighted by molar-refractivity contribution is 6.07. The lowest BCUT2D eigenvalue weighted by Gasteiger charge is -2.26. The van der Waals surface area contributed by atoms with Crippen LogP contribution in [0.3, 0.4) is 0 Å². The summed E-state index contributed by atoms with van der Waals surface area (Å²) in [4.78, 5) is 31.8. The first-order valence-corrected chi connectivity index (χ1v) is 10.8. The third-order valence-corrected chi connectivity index (χ3v) is 5.94. The van der Waals surface area contributed by atoms with Crippen LogP contribution in [0.25, 0.3) is 10.9 Å². The lowest BCUT2D eigenvalue weighted by atomic mass is 9.93. The average molecular weight is 432 g/mol. The van der Waals surface area contributed by atoms with Gasteiger partial charge in [-0.15, -0.1) is 0 Å². The predicted octanol–water partition coefficient (Wildman–Crippen LogP) is 3.08. The van der Waals surface area contributed by atoms with Crippen LogP contribution in [-0.2, 0) is 11.2 Å². The normalized spacial score (nSPS) is 17.4. The smallest absolute Gasteiger partial charge is 0.290 e. The van der Waals surface area contributed by atoms with Gasteiger partial charge in [0.15, 0.2) is 5.76 Å². The zero-order valence-electron chi connectivity index (χ0n) is 17.9. The lowest BCUT2D eigenvalue weighted by molar-refractivity contribution is 0.0281. The van der Waals surface area contributed by atoms with Crippen LogP contribution in [0.2, 0.25) is 0 Å². The lowest BCUT2D eigenvalue weighted by Crippen LogP contribution is -2.40. The maximum absolute atomic E-state index is 13.0. The molecule has 8 nitrogen and oxygen atoms in total. The summed E-state index contributed by atoms with van der Waals surface area (Å²) in [5.41, 5.74) is 6.02. The second-order valence-corrected chi connectivity index (χ2v) is 8.00. The summed E-state index contributed by atoms with van der Waals surface area (Å²) in [7, 11) is 0. The molecular weight excluding hydrogens is 408 g/mol. The number of aryl methyl sites for hydroxylation is 1. The van der Waals surface area contributed by atoms with Crippen molar-refractivity contribution in [3.8, 4) is 0 Å². The minimum Gasteiger partial charge on any atom is -0.455 e. The van der Waals surface area contributed by atoms with E-state index in [4.69, 9.17) is 9.15 Å². The first kappa shape index (κ1) is 20.4. The summed E-state index contributed by atoms with van der Waals surface area (Å²) in [6.45, 7) is 4.06. The topological polar surface area (TPSA) is 97.0 Å². The van der Waals surface area contributed by atoms with Gasteiger partial charge < -0.3 is 14.1 Å². The van der Waals surface area contributed by atoms with Crippen LogP contribution in [-0.4, -0.2) is 53.7 Å². The van der Waals surface area contributed by atoms with Crippen molar-refractivity contribution in [1.82, 2.24) is 15.3 Å². The molecule has 0 saturated carbocycles. The second kappa shape index (κ2) is 8.55. The Morgan fingerprint density at radius 3 is 2.75 bits per heavy atom. The first-order chi connectivity index (χ1) is 15.6. The zero-order chi connectivity index (χ0) is 22.1. The number of hydrogen-bond donors (Lipinski definition) is 1. The predicted molar refractivity (Wildman–Crippen MR) is 119 cm³/mol. The van der Waals surface area contributed by atoms with Gasteiger partial charge in [0.2, 0.25) is 0 Å². The Labute approximate surface area is 185 Å². The van der Waals surface area contributed by atoms with Crippen molar-refractivity contribution in [2.75, 3.05) is 26.3 Å². The summed E-state index contributed by atoms with van der Waals surface area (Å²) >= 11 is 0. The molecule has 8 heteroatoms. The number of hydrogen-bond acceptors (Lipinski definition) is 6. The van der Waals surface area contributed by atoms with Crippen LogP contribution >= 0.6 is 0 Å². The average Bonchev–Trinajstić information content (AvgIpc) is 3.19. The van der Waals surface area contributed by atoms with Gasteiger partial charge in [-0.05, 0) is 31.9 Å².